The maximum absolute atomic E-state index is 4.02. The molecule has 1 nitrogen and oxygen atoms in total. The van der Waals surface area contributed by atoms with Crippen molar-refractivity contribution >= 4 is 27.5 Å². The summed E-state index contributed by atoms with van der Waals surface area (Å²) in [5.41, 5.74) is 0. The third-order valence-corrected chi connectivity index (χ3v) is 13.4. The number of hydrogen-bond acceptors (Lipinski definition) is 2. The molecule has 0 aliphatic rings. The average molecular weight is 326 g/mol. The summed E-state index contributed by atoms with van der Waals surface area (Å²) in [5.74, 6) is 0. The molecule has 0 radical (unpaired) electrons. The van der Waals surface area contributed by atoms with Crippen LogP contribution in [0.2, 0.25) is 39.3 Å². The van der Waals surface area contributed by atoms with E-state index in [9.17, 15) is 0 Å². The Bertz CT molecular complexity index is 399. The van der Waals surface area contributed by atoms with Crippen molar-refractivity contribution in [1.82, 2.24) is 5.32 Å². The standard InChI is InChI=1S/C16H31NSSi2/c1-8-9-11-14(15-12-10-13-18-15)17-16(19(2,3)4)20(5,6)7/h9-14,16-17H,8H2,1-7H3/b11-9+. The minimum absolute atomic E-state index is 0.387. The maximum Gasteiger partial charge on any atom is 0.0600 e. The van der Waals surface area contributed by atoms with Crippen LogP contribution in [-0.4, -0.2) is 21.4 Å². The van der Waals surface area contributed by atoms with Gasteiger partial charge in [-0.25, -0.2) is 0 Å². The maximum atomic E-state index is 4.02. The highest BCUT2D eigenvalue weighted by atomic mass is 32.1. The molecule has 0 bridgehead atoms. The predicted octanol–water partition coefficient (Wildman–Crippen LogP) is 5.47. The molecule has 0 saturated heterocycles. The van der Waals surface area contributed by atoms with Crippen molar-refractivity contribution < 1.29 is 0 Å². The van der Waals surface area contributed by atoms with E-state index >= 15 is 0 Å². The van der Waals surface area contributed by atoms with Gasteiger partial charge in [0.15, 0.2) is 0 Å². The highest BCUT2D eigenvalue weighted by molar-refractivity contribution is 7.10. The second-order valence-corrected chi connectivity index (χ2v) is 19.8. The molecule has 114 valence electrons. The molecule has 0 aromatic carbocycles. The van der Waals surface area contributed by atoms with Crippen LogP contribution in [0.25, 0.3) is 0 Å². The van der Waals surface area contributed by atoms with Crippen LogP contribution in [0.15, 0.2) is 29.7 Å². The van der Waals surface area contributed by atoms with E-state index in [0.29, 0.717) is 6.04 Å². The molecule has 0 aliphatic heterocycles. The molecule has 0 fully saturated rings. The summed E-state index contributed by atoms with van der Waals surface area (Å²) < 4.78 is 0. The number of thiophene rings is 1. The summed E-state index contributed by atoms with van der Waals surface area (Å²) in [6, 6.07) is 4.80. The first-order chi connectivity index (χ1) is 9.16. The molecule has 1 aromatic rings. The molecule has 1 N–H and O–H groups in total. The SMILES string of the molecule is CC/C=C/C(NC([Si](C)(C)C)[Si](C)(C)C)c1cccs1. The van der Waals surface area contributed by atoms with Crippen LogP contribution in [0.5, 0.6) is 0 Å². The van der Waals surface area contributed by atoms with Gasteiger partial charge < -0.3 is 5.32 Å². The van der Waals surface area contributed by atoms with E-state index in [-0.39, 0.29) is 0 Å². The van der Waals surface area contributed by atoms with Gasteiger partial charge in [-0.2, -0.15) is 0 Å². The minimum atomic E-state index is -1.22. The summed E-state index contributed by atoms with van der Waals surface area (Å²) in [6.07, 6.45) is 5.76. The lowest BCUT2D eigenvalue weighted by Gasteiger charge is -2.41. The molecule has 1 atom stereocenters. The van der Waals surface area contributed by atoms with Crippen molar-refractivity contribution in [3.63, 3.8) is 0 Å². The van der Waals surface area contributed by atoms with Crippen molar-refractivity contribution in [3.05, 3.63) is 34.5 Å². The Morgan fingerprint density at radius 1 is 1.15 bits per heavy atom. The summed E-state index contributed by atoms with van der Waals surface area (Å²) in [4.78, 5) is 1.44. The molecule has 1 rings (SSSR count). The van der Waals surface area contributed by atoms with Crippen molar-refractivity contribution in [3.8, 4) is 0 Å². The fourth-order valence-electron chi connectivity index (χ4n) is 2.95. The third kappa shape index (κ3) is 5.32. The molecule has 1 unspecified atom stereocenters. The van der Waals surface area contributed by atoms with Crippen LogP contribution in [0.4, 0.5) is 0 Å². The Morgan fingerprint density at radius 3 is 2.15 bits per heavy atom. The van der Waals surface area contributed by atoms with E-state index in [1.807, 2.05) is 11.3 Å². The Balaban J connectivity index is 3.00. The molecule has 1 aromatic heterocycles. The average Bonchev–Trinajstić information content (AvgIpc) is 2.79. The van der Waals surface area contributed by atoms with Crippen LogP contribution in [-0.2, 0) is 0 Å². The monoisotopic (exact) mass is 325 g/mol. The summed E-state index contributed by atoms with van der Waals surface area (Å²) in [5, 5.41) is 6.93. The number of rotatable bonds is 7. The van der Waals surface area contributed by atoms with Crippen molar-refractivity contribution in [2.75, 3.05) is 0 Å². The number of hydrogen-bond donors (Lipinski definition) is 1. The van der Waals surface area contributed by atoms with Crippen molar-refractivity contribution in [1.29, 1.82) is 0 Å². The Kier molecular flexibility index (Phi) is 6.44. The second-order valence-electron chi connectivity index (χ2n) is 7.66. The number of allylic oxidation sites excluding steroid dienone is 1. The first-order valence-electron chi connectivity index (χ1n) is 7.62. The van der Waals surface area contributed by atoms with Gasteiger partial charge in [0.2, 0.25) is 0 Å². The largest absolute Gasteiger partial charge is 0.309 e. The van der Waals surface area contributed by atoms with Crippen molar-refractivity contribution in [2.45, 2.75) is 64.0 Å². The first-order valence-corrected chi connectivity index (χ1v) is 15.7. The van der Waals surface area contributed by atoms with Gasteiger partial charge in [-0.1, -0.05) is 64.4 Å². The first kappa shape index (κ1) is 17.9. The summed E-state index contributed by atoms with van der Waals surface area (Å²) in [7, 11) is -2.43. The Morgan fingerprint density at radius 2 is 1.75 bits per heavy atom. The molecule has 0 aliphatic carbocycles. The van der Waals surface area contributed by atoms with Gasteiger partial charge in [0, 0.05) is 4.88 Å². The summed E-state index contributed by atoms with van der Waals surface area (Å²) >= 11 is 1.86. The van der Waals surface area contributed by atoms with Gasteiger partial charge in [0.25, 0.3) is 0 Å². The van der Waals surface area contributed by atoms with E-state index in [0.717, 1.165) is 11.7 Å². The smallest absolute Gasteiger partial charge is 0.0600 e. The third-order valence-electron chi connectivity index (χ3n) is 3.49. The predicted molar refractivity (Wildman–Crippen MR) is 100 cm³/mol. The van der Waals surface area contributed by atoms with Gasteiger partial charge in [-0.15, -0.1) is 11.3 Å². The van der Waals surface area contributed by atoms with Gasteiger partial charge in [-0.05, 0) is 23.2 Å². The van der Waals surface area contributed by atoms with E-state index in [1.165, 1.54) is 4.88 Å². The zero-order valence-corrected chi connectivity index (χ0v) is 17.0. The van der Waals surface area contributed by atoms with Crippen molar-refractivity contribution in [2.24, 2.45) is 0 Å². The zero-order chi connectivity index (χ0) is 15.4. The minimum Gasteiger partial charge on any atom is -0.309 e. The molecule has 0 spiro atoms. The van der Waals surface area contributed by atoms with Crippen LogP contribution in [0.3, 0.4) is 0 Å². The van der Waals surface area contributed by atoms with Crippen LogP contribution >= 0.6 is 11.3 Å². The fraction of sp³-hybridized carbons (Fsp3) is 0.625. The van der Waals surface area contributed by atoms with Gasteiger partial charge in [0.1, 0.15) is 0 Å². The van der Waals surface area contributed by atoms with Gasteiger partial charge in [0.05, 0.1) is 22.2 Å². The lowest BCUT2D eigenvalue weighted by atomic mass is 10.2. The summed E-state index contributed by atoms with van der Waals surface area (Å²) in [6.45, 7) is 17.2. The van der Waals surface area contributed by atoms with E-state index < -0.39 is 16.1 Å². The fourth-order valence-corrected chi connectivity index (χ4v) is 15.5. The zero-order valence-electron chi connectivity index (χ0n) is 14.2. The number of nitrogens with one attached hydrogen (secondary N) is 1. The molecule has 1 heterocycles. The highest BCUT2D eigenvalue weighted by Gasteiger charge is 2.38. The lowest BCUT2D eigenvalue weighted by Crippen LogP contribution is -2.62. The van der Waals surface area contributed by atoms with Gasteiger partial charge in [-0.3, -0.25) is 0 Å². The topological polar surface area (TPSA) is 12.0 Å². The molecule has 0 amide bonds. The van der Waals surface area contributed by atoms with E-state index in [1.54, 1.807) is 0 Å². The molecule has 20 heavy (non-hydrogen) atoms. The molecule has 0 saturated carbocycles. The van der Waals surface area contributed by atoms with E-state index in [4.69, 9.17) is 0 Å². The molecule has 4 heteroatoms. The molecular weight excluding hydrogens is 294 g/mol. The normalized spacial score (nSPS) is 15.2. The second kappa shape index (κ2) is 7.20. The lowest BCUT2D eigenvalue weighted by molar-refractivity contribution is 0.650. The Hall–Kier alpha value is -0.166. The van der Waals surface area contributed by atoms with Crippen LogP contribution < -0.4 is 5.32 Å². The van der Waals surface area contributed by atoms with E-state index in [2.05, 4.69) is 81.2 Å². The molecular formula is C16H31NSSi2. The highest BCUT2D eigenvalue weighted by Crippen LogP contribution is 2.26. The Labute approximate surface area is 131 Å². The van der Waals surface area contributed by atoms with Crippen LogP contribution in [0, 0.1) is 0 Å². The van der Waals surface area contributed by atoms with Gasteiger partial charge >= 0.3 is 0 Å². The quantitative estimate of drug-likeness (QED) is 0.518. The van der Waals surface area contributed by atoms with Crippen LogP contribution in [0.1, 0.15) is 24.3 Å².